The van der Waals surface area contributed by atoms with E-state index in [0.29, 0.717) is 25.9 Å². The van der Waals surface area contributed by atoms with Gasteiger partial charge in [-0.1, -0.05) is 30.3 Å². The van der Waals surface area contributed by atoms with E-state index in [1.807, 2.05) is 30.3 Å². The molecule has 1 aromatic carbocycles. The molecule has 2 aromatic rings. The van der Waals surface area contributed by atoms with Crippen molar-refractivity contribution in [2.75, 3.05) is 13.1 Å². The number of hydrogen-bond acceptors (Lipinski definition) is 4. The second kappa shape index (κ2) is 6.16. The lowest BCUT2D eigenvalue weighted by atomic mass is 9.73. The normalized spacial score (nSPS) is 16.8. The van der Waals surface area contributed by atoms with Gasteiger partial charge in [0.15, 0.2) is 0 Å². The van der Waals surface area contributed by atoms with Crippen LogP contribution in [0, 0.1) is 0 Å². The highest BCUT2D eigenvalue weighted by atomic mass is 16.4. The zero-order valence-electron chi connectivity index (χ0n) is 12.6. The molecule has 0 bridgehead atoms. The van der Waals surface area contributed by atoms with Crippen molar-refractivity contribution < 1.29 is 14.7 Å². The average molecular weight is 311 g/mol. The molecule has 1 aromatic heterocycles. The number of likely N-dealkylation sites (tertiary alicyclic amines) is 1. The molecule has 1 aliphatic rings. The van der Waals surface area contributed by atoms with Crippen molar-refractivity contribution in [3.63, 3.8) is 0 Å². The Labute approximate surface area is 133 Å². The number of carboxylic acid groups (broad SMARTS) is 1. The number of rotatable bonds is 3. The summed E-state index contributed by atoms with van der Waals surface area (Å²) in [6, 6.07) is 9.24. The summed E-state index contributed by atoms with van der Waals surface area (Å²) < 4.78 is 0. The molecule has 1 saturated heterocycles. The van der Waals surface area contributed by atoms with Gasteiger partial charge in [0.1, 0.15) is 5.69 Å². The van der Waals surface area contributed by atoms with E-state index in [1.54, 1.807) is 4.90 Å². The molecular weight excluding hydrogens is 294 g/mol. The summed E-state index contributed by atoms with van der Waals surface area (Å²) in [5, 5.41) is 9.76. The van der Waals surface area contributed by atoms with Crippen LogP contribution in [-0.4, -0.2) is 44.9 Å². The predicted molar refractivity (Wildman–Crippen MR) is 82.9 cm³/mol. The zero-order valence-corrected chi connectivity index (χ0v) is 12.6. The second-order valence-corrected chi connectivity index (χ2v) is 5.64. The molecule has 1 N–H and O–H groups in total. The van der Waals surface area contributed by atoms with Gasteiger partial charge in [-0.25, -0.2) is 4.98 Å². The van der Waals surface area contributed by atoms with Gasteiger partial charge in [-0.05, 0) is 18.4 Å². The number of piperidine rings is 1. The number of carbonyl (C=O) groups excluding carboxylic acids is 1. The van der Waals surface area contributed by atoms with Crippen LogP contribution in [0.25, 0.3) is 0 Å². The van der Waals surface area contributed by atoms with Crippen molar-refractivity contribution in [1.82, 2.24) is 14.9 Å². The fraction of sp³-hybridized carbons (Fsp3) is 0.294. The summed E-state index contributed by atoms with van der Waals surface area (Å²) in [5.74, 6) is -1.04. The summed E-state index contributed by atoms with van der Waals surface area (Å²) in [6.45, 7) is 0.771. The first kappa shape index (κ1) is 15.1. The zero-order chi connectivity index (χ0) is 16.3. The van der Waals surface area contributed by atoms with Crippen molar-refractivity contribution in [3.8, 4) is 0 Å². The van der Waals surface area contributed by atoms with E-state index in [2.05, 4.69) is 9.97 Å². The molecule has 1 aliphatic heterocycles. The quantitative estimate of drug-likeness (QED) is 0.933. The number of carbonyl (C=O) groups is 2. The standard InChI is InChI=1S/C17H17N3O3/c21-15(14-12-18-8-9-19-14)20-10-6-17(7-11-20,16(22)23)13-4-2-1-3-5-13/h1-5,8-9,12H,6-7,10-11H2,(H,22,23). The molecule has 0 radical (unpaired) electrons. The van der Waals surface area contributed by atoms with Gasteiger partial charge in [0.05, 0.1) is 11.6 Å². The van der Waals surface area contributed by atoms with Crippen molar-refractivity contribution in [1.29, 1.82) is 0 Å². The minimum atomic E-state index is -0.930. The van der Waals surface area contributed by atoms with E-state index in [-0.39, 0.29) is 11.6 Å². The molecule has 1 fully saturated rings. The second-order valence-electron chi connectivity index (χ2n) is 5.64. The van der Waals surface area contributed by atoms with E-state index in [1.165, 1.54) is 18.6 Å². The molecule has 6 nitrogen and oxygen atoms in total. The predicted octanol–water partition coefficient (Wildman–Crippen LogP) is 1.74. The van der Waals surface area contributed by atoms with Crippen LogP contribution in [0.15, 0.2) is 48.9 Å². The molecular formula is C17H17N3O3. The summed E-state index contributed by atoms with van der Waals surface area (Å²) in [4.78, 5) is 33.9. The van der Waals surface area contributed by atoms with Gasteiger partial charge < -0.3 is 10.0 Å². The largest absolute Gasteiger partial charge is 0.481 e. The van der Waals surface area contributed by atoms with E-state index in [4.69, 9.17) is 0 Å². The summed E-state index contributed by atoms with van der Waals surface area (Å²) >= 11 is 0. The Bertz CT molecular complexity index is 696. The Morgan fingerprint density at radius 3 is 2.35 bits per heavy atom. The number of aliphatic carboxylic acids is 1. The number of amides is 1. The van der Waals surface area contributed by atoms with Crippen LogP contribution in [0.4, 0.5) is 0 Å². The first-order valence-corrected chi connectivity index (χ1v) is 7.48. The molecule has 0 unspecified atom stereocenters. The molecule has 0 atom stereocenters. The van der Waals surface area contributed by atoms with Gasteiger partial charge in [-0.15, -0.1) is 0 Å². The smallest absolute Gasteiger partial charge is 0.314 e. The minimum absolute atomic E-state index is 0.204. The third-order valence-corrected chi connectivity index (χ3v) is 4.42. The molecule has 1 amide bonds. The third-order valence-electron chi connectivity index (χ3n) is 4.42. The highest BCUT2D eigenvalue weighted by Crippen LogP contribution is 2.36. The summed E-state index contributed by atoms with van der Waals surface area (Å²) in [5.41, 5.74) is 0.148. The number of nitrogens with zero attached hydrogens (tertiary/aromatic N) is 3. The molecule has 0 aliphatic carbocycles. The fourth-order valence-electron chi connectivity index (χ4n) is 3.05. The van der Waals surface area contributed by atoms with Gasteiger partial charge in [-0.2, -0.15) is 0 Å². The van der Waals surface area contributed by atoms with Gasteiger partial charge in [-0.3, -0.25) is 14.6 Å². The number of benzene rings is 1. The third kappa shape index (κ3) is 2.79. The van der Waals surface area contributed by atoms with E-state index in [9.17, 15) is 14.7 Å². The first-order chi connectivity index (χ1) is 11.1. The Balaban J connectivity index is 1.79. The first-order valence-electron chi connectivity index (χ1n) is 7.48. The topological polar surface area (TPSA) is 83.4 Å². The number of hydrogen-bond donors (Lipinski definition) is 1. The van der Waals surface area contributed by atoms with Crippen molar-refractivity contribution >= 4 is 11.9 Å². The van der Waals surface area contributed by atoms with Crippen molar-refractivity contribution in [2.24, 2.45) is 0 Å². The van der Waals surface area contributed by atoms with E-state index >= 15 is 0 Å². The lowest BCUT2D eigenvalue weighted by molar-refractivity contribution is -0.145. The van der Waals surface area contributed by atoms with Crippen molar-refractivity contribution in [2.45, 2.75) is 18.3 Å². The van der Waals surface area contributed by atoms with Crippen LogP contribution < -0.4 is 0 Å². The van der Waals surface area contributed by atoms with Crippen LogP contribution >= 0.6 is 0 Å². The SMILES string of the molecule is O=C(c1cnccn1)N1CCC(C(=O)O)(c2ccccc2)CC1. The van der Waals surface area contributed by atoms with Crippen LogP contribution in [0.3, 0.4) is 0 Å². The highest BCUT2D eigenvalue weighted by molar-refractivity contribution is 5.92. The van der Waals surface area contributed by atoms with Crippen molar-refractivity contribution in [3.05, 3.63) is 60.2 Å². The van der Waals surface area contributed by atoms with Gasteiger partial charge in [0, 0.05) is 25.5 Å². The Hall–Kier alpha value is -2.76. The van der Waals surface area contributed by atoms with E-state index < -0.39 is 11.4 Å². The monoisotopic (exact) mass is 311 g/mol. The Morgan fingerprint density at radius 1 is 1.09 bits per heavy atom. The minimum Gasteiger partial charge on any atom is -0.481 e. The average Bonchev–Trinajstić information content (AvgIpc) is 2.62. The fourth-order valence-corrected chi connectivity index (χ4v) is 3.05. The lowest BCUT2D eigenvalue weighted by Gasteiger charge is -2.39. The molecule has 3 rings (SSSR count). The maximum Gasteiger partial charge on any atom is 0.314 e. The number of carboxylic acids is 1. The molecule has 0 spiro atoms. The van der Waals surface area contributed by atoms with Crippen LogP contribution in [0.2, 0.25) is 0 Å². The van der Waals surface area contributed by atoms with Crippen LogP contribution in [0.5, 0.6) is 0 Å². The molecule has 23 heavy (non-hydrogen) atoms. The molecule has 0 saturated carbocycles. The Kier molecular flexibility index (Phi) is 4.06. The summed E-state index contributed by atoms with van der Waals surface area (Å²) in [7, 11) is 0. The molecule has 6 heteroatoms. The van der Waals surface area contributed by atoms with Crippen LogP contribution in [-0.2, 0) is 10.2 Å². The molecule has 2 heterocycles. The Morgan fingerprint density at radius 2 is 1.78 bits per heavy atom. The number of aromatic nitrogens is 2. The maximum absolute atomic E-state index is 12.4. The van der Waals surface area contributed by atoms with Gasteiger partial charge in [0.25, 0.3) is 5.91 Å². The molecule has 118 valence electrons. The van der Waals surface area contributed by atoms with Gasteiger partial charge >= 0.3 is 5.97 Å². The van der Waals surface area contributed by atoms with Crippen LogP contribution in [0.1, 0.15) is 28.9 Å². The van der Waals surface area contributed by atoms with Gasteiger partial charge in [0.2, 0.25) is 0 Å². The summed E-state index contributed by atoms with van der Waals surface area (Å²) in [6.07, 6.45) is 5.19. The highest BCUT2D eigenvalue weighted by Gasteiger charge is 2.44. The maximum atomic E-state index is 12.4. The lowest BCUT2D eigenvalue weighted by Crippen LogP contribution is -2.49. The van der Waals surface area contributed by atoms with E-state index in [0.717, 1.165) is 5.56 Å².